The van der Waals surface area contributed by atoms with E-state index in [4.69, 9.17) is 11.6 Å². The van der Waals surface area contributed by atoms with Gasteiger partial charge in [-0.3, -0.25) is 10.1 Å². The van der Waals surface area contributed by atoms with Gasteiger partial charge in [0, 0.05) is 18.2 Å². The van der Waals surface area contributed by atoms with Crippen LogP contribution in [0.2, 0.25) is 5.02 Å². The van der Waals surface area contributed by atoms with E-state index in [-0.39, 0.29) is 22.6 Å². The number of hydrogen-bond donors (Lipinski definition) is 1. The summed E-state index contributed by atoms with van der Waals surface area (Å²) in [6.07, 6.45) is 0. The van der Waals surface area contributed by atoms with Crippen LogP contribution < -0.4 is 5.32 Å². The minimum Gasteiger partial charge on any atom is -0.377 e. The fourth-order valence-electron chi connectivity index (χ4n) is 1.80. The number of hydrogen-bond acceptors (Lipinski definition) is 3. The Morgan fingerprint density at radius 1 is 1.25 bits per heavy atom. The van der Waals surface area contributed by atoms with E-state index in [1.807, 2.05) is 6.92 Å². The molecule has 0 fully saturated rings. The van der Waals surface area contributed by atoms with E-state index < -0.39 is 4.92 Å². The summed E-state index contributed by atoms with van der Waals surface area (Å²) in [5.41, 5.74) is 1.42. The molecule has 104 valence electrons. The van der Waals surface area contributed by atoms with Gasteiger partial charge in [0.1, 0.15) is 5.82 Å². The summed E-state index contributed by atoms with van der Waals surface area (Å²) in [5.74, 6) is -0.297. The number of nitro groups is 1. The van der Waals surface area contributed by atoms with Gasteiger partial charge in [-0.1, -0.05) is 23.7 Å². The number of benzene rings is 2. The number of halogens is 2. The summed E-state index contributed by atoms with van der Waals surface area (Å²) >= 11 is 6.00. The van der Waals surface area contributed by atoms with E-state index >= 15 is 0 Å². The maximum absolute atomic E-state index is 12.9. The van der Waals surface area contributed by atoms with Gasteiger partial charge >= 0.3 is 0 Å². The standard InChI is InChI=1S/C14H12ClFN2O2/c1-9(10-2-4-11(16)5-3-10)17-14-7-6-12(18(19)20)8-13(14)15/h2-9,17H,1H3. The third-order valence-corrected chi connectivity index (χ3v) is 3.22. The van der Waals surface area contributed by atoms with Crippen LogP contribution in [0, 0.1) is 15.9 Å². The van der Waals surface area contributed by atoms with Gasteiger partial charge in [-0.2, -0.15) is 0 Å². The van der Waals surface area contributed by atoms with Gasteiger partial charge in [0.05, 0.1) is 15.6 Å². The van der Waals surface area contributed by atoms with E-state index in [1.165, 1.54) is 24.3 Å². The first-order valence-electron chi connectivity index (χ1n) is 5.93. The van der Waals surface area contributed by atoms with Crippen molar-refractivity contribution in [3.8, 4) is 0 Å². The molecule has 6 heteroatoms. The molecule has 20 heavy (non-hydrogen) atoms. The van der Waals surface area contributed by atoms with Gasteiger partial charge < -0.3 is 5.32 Å². The van der Waals surface area contributed by atoms with Gasteiger partial charge in [0.25, 0.3) is 5.69 Å². The minimum absolute atomic E-state index is 0.0602. The highest BCUT2D eigenvalue weighted by atomic mass is 35.5. The molecule has 0 amide bonds. The predicted octanol–water partition coefficient (Wildman–Crippen LogP) is 4.56. The second-order valence-electron chi connectivity index (χ2n) is 4.34. The van der Waals surface area contributed by atoms with Crippen molar-refractivity contribution in [3.63, 3.8) is 0 Å². The highest BCUT2D eigenvalue weighted by Crippen LogP contribution is 2.29. The largest absolute Gasteiger partial charge is 0.377 e. The molecule has 0 aliphatic carbocycles. The molecule has 0 radical (unpaired) electrons. The van der Waals surface area contributed by atoms with Crippen molar-refractivity contribution in [2.75, 3.05) is 5.32 Å². The minimum atomic E-state index is -0.501. The smallest absolute Gasteiger partial charge is 0.271 e. The molecule has 1 atom stereocenters. The highest BCUT2D eigenvalue weighted by Gasteiger charge is 2.12. The third kappa shape index (κ3) is 3.24. The first kappa shape index (κ1) is 14.3. The van der Waals surface area contributed by atoms with E-state index in [1.54, 1.807) is 18.2 Å². The van der Waals surface area contributed by atoms with Crippen LogP contribution in [0.5, 0.6) is 0 Å². The van der Waals surface area contributed by atoms with Crippen LogP contribution >= 0.6 is 11.6 Å². The van der Waals surface area contributed by atoms with Crippen LogP contribution in [0.15, 0.2) is 42.5 Å². The quantitative estimate of drug-likeness (QED) is 0.664. The zero-order valence-corrected chi connectivity index (χ0v) is 11.4. The summed E-state index contributed by atoms with van der Waals surface area (Å²) < 4.78 is 12.9. The molecule has 2 aromatic rings. The number of anilines is 1. The van der Waals surface area contributed by atoms with E-state index in [2.05, 4.69) is 5.32 Å². The number of nitrogens with zero attached hydrogens (tertiary/aromatic N) is 1. The van der Waals surface area contributed by atoms with E-state index in [0.29, 0.717) is 5.69 Å². The second-order valence-corrected chi connectivity index (χ2v) is 4.75. The highest BCUT2D eigenvalue weighted by molar-refractivity contribution is 6.33. The maximum atomic E-state index is 12.9. The Morgan fingerprint density at radius 2 is 1.90 bits per heavy atom. The van der Waals surface area contributed by atoms with Gasteiger partial charge in [0.2, 0.25) is 0 Å². The zero-order chi connectivity index (χ0) is 14.7. The summed E-state index contributed by atoms with van der Waals surface area (Å²) in [6, 6.07) is 10.2. The van der Waals surface area contributed by atoms with Gasteiger partial charge in [-0.05, 0) is 30.7 Å². The Bertz CT molecular complexity index is 632. The lowest BCUT2D eigenvalue weighted by molar-refractivity contribution is -0.384. The van der Waals surface area contributed by atoms with Crippen LogP contribution in [0.25, 0.3) is 0 Å². The predicted molar refractivity (Wildman–Crippen MR) is 76.5 cm³/mol. The summed E-state index contributed by atoms with van der Waals surface area (Å²) in [6.45, 7) is 1.89. The molecule has 0 heterocycles. The van der Waals surface area contributed by atoms with E-state index in [9.17, 15) is 14.5 Å². The Kier molecular flexibility index (Phi) is 4.20. The van der Waals surface area contributed by atoms with Gasteiger partial charge in [-0.25, -0.2) is 4.39 Å². The van der Waals surface area contributed by atoms with Crippen molar-refractivity contribution in [1.29, 1.82) is 0 Å². The Morgan fingerprint density at radius 3 is 2.45 bits per heavy atom. The molecule has 0 aliphatic rings. The fraction of sp³-hybridized carbons (Fsp3) is 0.143. The van der Waals surface area contributed by atoms with Crippen molar-refractivity contribution in [3.05, 3.63) is 69.0 Å². The van der Waals surface area contributed by atoms with Crippen molar-refractivity contribution in [2.45, 2.75) is 13.0 Å². The first-order chi connectivity index (χ1) is 9.47. The Balaban J connectivity index is 2.17. The summed E-state index contributed by atoms with van der Waals surface area (Å²) in [7, 11) is 0. The molecule has 2 rings (SSSR count). The molecule has 1 unspecified atom stereocenters. The molecular formula is C14H12ClFN2O2. The fourth-order valence-corrected chi connectivity index (χ4v) is 2.03. The van der Waals surface area contributed by atoms with Crippen LogP contribution in [0.1, 0.15) is 18.5 Å². The van der Waals surface area contributed by atoms with Crippen LogP contribution in [-0.4, -0.2) is 4.92 Å². The maximum Gasteiger partial charge on any atom is 0.271 e. The summed E-state index contributed by atoms with van der Waals surface area (Å²) in [5, 5.41) is 14.0. The number of rotatable bonds is 4. The number of nitrogens with one attached hydrogen (secondary N) is 1. The van der Waals surface area contributed by atoms with E-state index in [0.717, 1.165) is 5.56 Å². The molecule has 0 spiro atoms. The van der Waals surface area contributed by atoms with Crippen molar-refractivity contribution in [2.24, 2.45) is 0 Å². The van der Waals surface area contributed by atoms with Crippen LogP contribution in [0.3, 0.4) is 0 Å². The molecule has 2 aromatic carbocycles. The topological polar surface area (TPSA) is 55.2 Å². The second kappa shape index (κ2) is 5.88. The van der Waals surface area contributed by atoms with Crippen molar-refractivity contribution >= 4 is 23.0 Å². The third-order valence-electron chi connectivity index (χ3n) is 2.91. The molecular weight excluding hydrogens is 283 g/mol. The van der Waals surface area contributed by atoms with Crippen molar-refractivity contribution in [1.82, 2.24) is 0 Å². The Hall–Kier alpha value is -2.14. The Labute approximate surface area is 120 Å². The molecule has 0 aromatic heterocycles. The molecule has 0 bridgehead atoms. The number of non-ortho nitro benzene ring substituents is 1. The normalized spacial score (nSPS) is 11.9. The monoisotopic (exact) mass is 294 g/mol. The summed E-state index contributed by atoms with van der Waals surface area (Å²) in [4.78, 5) is 10.1. The zero-order valence-electron chi connectivity index (χ0n) is 10.6. The molecule has 1 N–H and O–H groups in total. The van der Waals surface area contributed by atoms with Crippen LogP contribution in [-0.2, 0) is 0 Å². The van der Waals surface area contributed by atoms with Gasteiger partial charge in [-0.15, -0.1) is 0 Å². The lowest BCUT2D eigenvalue weighted by Gasteiger charge is -2.16. The first-order valence-corrected chi connectivity index (χ1v) is 6.31. The average Bonchev–Trinajstić information content (AvgIpc) is 2.41. The average molecular weight is 295 g/mol. The molecule has 4 nitrogen and oxygen atoms in total. The molecule has 0 saturated heterocycles. The lowest BCUT2D eigenvalue weighted by atomic mass is 10.1. The van der Waals surface area contributed by atoms with Gasteiger partial charge in [0.15, 0.2) is 0 Å². The van der Waals surface area contributed by atoms with Crippen LogP contribution in [0.4, 0.5) is 15.8 Å². The molecule has 0 aliphatic heterocycles. The number of nitro benzene ring substituents is 1. The lowest BCUT2D eigenvalue weighted by Crippen LogP contribution is -2.07. The van der Waals surface area contributed by atoms with Crippen molar-refractivity contribution < 1.29 is 9.31 Å². The molecule has 0 saturated carbocycles. The SMILES string of the molecule is CC(Nc1ccc([N+](=O)[O-])cc1Cl)c1ccc(F)cc1.